The van der Waals surface area contributed by atoms with Crippen LogP contribution >= 0.6 is 0 Å². The monoisotopic (exact) mass is 297 g/mol. The van der Waals surface area contributed by atoms with E-state index >= 15 is 0 Å². The molecule has 8 heteroatoms. The molecule has 0 aliphatic heterocycles. The fourth-order valence-electron chi connectivity index (χ4n) is 2.16. The Labute approximate surface area is 126 Å². The number of hydrogen-bond acceptors (Lipinski definition) is 5. The van der Waals surface area contributed by atoms with Gasteiger partial charge in [-0.15, -0.1) is 0 Å². The molecule has 2 aromatic heterocycles. The van der Waals surface area contributed by atoms with Crippen molar-refractivity contribution in [1.29, 1.82) is 0 Å². The predicted molar refractivity (Wildman–Crippen MR) is 77.7 cm³/mol. The normalized spacial score (nSPS) is 12.0. The zero-order chi connectivity index (χ0) is 15.2. The summed E-state index contributed by atoms with van der Waals surface area (Å²) in [5, 5.41) is 16.9. The van der Waals surface area contributed by atoms with E-state index in [4.69, 9.17) is 0 Å². The van der Waals surface area contributed by atoms with Gasteiger partial charge in [0.1, 0.15) is 12.7 Å². The van der Waals surface area contributed by atoms with E-state index in [9.17, 15) is 4.79 Å². The number of nitrogens with one attached hydrogen (secondary N) is 2. The molecule has 0 aliphatic rings. The molecule has 22 heavy (non-hydrogen) atoms. The molecule has 1 atom stereocenters. The van der Waals surface area contributed by atoms with E-state index in [1.165, 1.54) is 12.5 Å². The van der Waals surface area contributed by atoms with Gasteiger partial charge in [0.15, 0.2) is 5.69 Å². The zero-order valence-electron chi connectivity index (χ0n) is 11.8. The molecule has 0 fully saturated rings. The number of aromatic nitrogens is 6. The van der Waals surface area contributed by atoms with Gasteiger partial charge in [-0.2, -0.15) is 20.5 Å². The highest BCUT2D eigenvalue weighted by Crippen LogP contribution is 2.17. The average Bonchev–Trinajstić information content (AvgIpc) is 3.25. The molecule has 0 radical (unpaired) electrons. The number of H-pyrrole nitrogens is 1. The van der Waals surface area contributed by atoms with Crippen LogP contribution in [0.25, 0.3) is 0 Å². The van der Waals surface area contributed by atoms with Crippen LogP contribution in [0, 0.1) is 0 Å². The van der Waals surface area contributed by atoms with Crippen molar-refractivity contribution in [2.75, 3.05) is 0 Å². The van der Waals surface area contributed by atoms with E-state index in [1.807, 2.05) is 30.3 Å². The molecule has 1 aromatic carbocycles. The van der Waals surface area contributed by atoms with Crippen LogP contribution in [0.15, 0.2) is 49.2 Å². The first-order valence-electron chi connectivity index (χ1n) is 6.87. The quantitative estimate of drug-likeness (QED) is 0.705. The lowest BCUT2D eigenvalue weighted by atomic mass is 10.0. The fourth-order valence-corrected chi connectivity index (χ4v) is 2.16. The van der Waals surface area contributed by atoms with Crippen molar-refractivity contribution in [3.05, 3.63) is 60.4 Å². The molecule has 0 saturated carbocycles. The molecule has 3 aromatic rings. The lowest BCUT2D eigenvalue weighted by Gasteiger charge is -2.18. The number of aryl methyl sites for hydroxylation is 1. The van der Waals surface area contributed by atoms with Gasteiger partial charge in [-0.1, -0.05) is 30.3 Å². The minimum Gasteiger partial charge on any atom is -0.344 e. The van der Waals surface area contributed by atoms with Crippen LogP contribution < -0.4 is 5.32 Å². The van der Waals surface area contributed by atoms with Gasteiger partial charge >= 0.3 is 0 Å². The van der Waals surface area contributed by atoms with Crippen LogP contribution in [0.3, 0.4) is 0 Å². The van der Waals surface area contributed by atoms with Gasteiger partial charge in [0.05, 0.1) is 12.2 Å². The summed E-state index contributed by atoms with van der Waals surface area (Å²) < 4.78 is 1.73. The van der Waals surface area contributed by atoms with Crippen molar-refractivity contribution < 1.29 is 4.79 Å². The van der Waals surface area contributed by atoms with Gasteiger partial charge in [0.25, 0.3) is 5.91 Å². The lowest BCUT2D eigenvalue weighted by Crippen LogP contribution is -2.29. The average molecular weight is 297 g/mol. The topological polar surface area (TPSA) is 101 Å². The minimum absolute atomic E-state index is 0.144. The minimum atomic E-state index is -0.263. The van der Waals surface area contributed by atoms with E-state index in [1.54, 1.807) is 11.0 Å². The van der Waals surface area contributed by atoms with E-state index < -0.39 is 0 Å². The standard InChI is InChI=1S/C14H15N7O/c22-14(13-8-16-20-19-13)18-12(11-4-2-1-3-5-11)6-7-21-10-15-9-17-21/h1-5,8-10,12H,6-7H2,(H,18,22)(H,16,19,20)/t12-/m1/s1. The Bertz CT molecular complexity index is 694. The zero-order valence-corrected chi connectivity index (χ0v) is 11.8. The molecule has 112 valence electrons. The number of carbonyl (C=O) groups excluding carboxylic acids is 1. The molecular weight excluding hydrogens is 282 g/mol. The maximum absolute atomic E-state index is 12.2. The van der Waals surface area contributed by atoms with E-state index in [0.29, 0.717) is 13.0 Å². The molecule has 0 saturated heterocycles. The Kier molecular flexibility index (Phi) is 4.19. The molecule has 2 heterocycles. The van der Waals surface area contributed by atoms with Gasteiger partial charge in [-0.25, -0.2) is 4.98 Å². The predicted octanol–water partition coefficient (Wildman–Crippen LogP) is 0.958. The first-order valence-corrected chi connectivity index (χ1v) is 6.87. The number of carbonyl (C=O) groups is 1. The van der Waals surface area contributed by atoms with Crippen molar-refractivity contribution in [3.8, 4) is 0 Å². The summed E-state index contributed by atoms with van der Waals surface area (Å²) in [6.07, 6.45) is 5.23. The smallest absolute Gasteiger partial charge is 0.273 e. The second-order valence-electron chi connectivity index (χ2n) is 4.74. The molecule has 0 spiro atoms. The lowest BCUT2D eigenvalue weighted by molar-refractivity contribution is 0.0928. The summed E-state index contributed by atoms with van der Waals surface area (Å²) in [6.45, 7) is 0.651. The van der Waals surface area contributed by atoms with E-state index in [0.717, 1.165) is 5.56 Å². The third-order valence-electron chi connectivity index (χ3n) is 3.27. The van der Waals surface area contributed by atoms with E-state index in [2.05, 4.69) is 30.8 Å². The van der Waals surface area contributed by atoms with E-state index in [-0.39, 0.29) is 17.6 Å². The maximum atomic E-state index is 12.2. The molecular formula is C14H15N7O. The number of nitrogens with zero attached hydrogens (tertiary/aromatic N) is 5. The highest BCUT2D eigenvalue weighted by molar-refractivity contribution is 5.92. The van der Waals surface area contributed by atoms with Crippen molar-refractivity contribution >= 4 is 5.91 Å². The fraction of sp³-hybridized carbons (Fsp3) is 0.214. The molecule has 0 aliphatic carbocycles. The van der Waals surface area contributed by atoms with Crippen LogP contribution in [0.2, 0.25) is 0 Å². The maximum Gasteiger partial charge on any atom is 0.273 e. The van der Waals surface area contributed by atoms with Crippen molar-refractivity contribution in [2.24, 2.45) is 0 Å². The Morgan fingerprint density at radius 3 is 2.86 bits per heavy atom. The first kappa shape index (κ1) is 13.9. The van der Waals surface area contributed by atoms with Crippen LogP contribution in [0.1, 0.15) is 28.5 Å². The Hall–Kier alpha value is -3.03. The van der Waals surface area contributed by atoms with Crippen molar-refractivity contribution in [2.45, 2.75) is 19.0 Å². The second kappa shape index (κ2) is 6.61. The summed E-state index contributed by atoms with van der Waals surface area (Å²) >= 11 is 0. The Morgan fingerprint density at radius 2 is 2.18 bits per heavy atom. The highest BCUT2D eigenvalue weighted by atomic mass is 16.2. The van der Waals surface area contributed by atoms with Gasteiger partial charge in [0, 0.05) is 6.54 Å². The number of benzene rings is 1. The summed E-state index contributed by atoms with van der Waals surface area (Å²) in [7, 11) is 0. The molecule has 0 bridgehead atoms. The second-order valence-corrected chi connectivity index (χ2v) is 4.74. The first-order chi connectivity index (χ1) is 10.8. The van der Waals surface area contributed by atoms with Gasteiger partial charge in [-0.05, 0) is 12.0 Å². The summed E-state index contributed by atoms with van der Waals surface area (Å²) in [5.74, 6) is -0.263. The Morgan fingerprint density at radius 1 is 1.32 bits per heavy atom. The number of aromatic amines is 1. The molecule has 3 rings (SSSR count). The molecule has 0 unspecified atom stereocenters. The number of amides is 1. The van der Waals surface area contributed by atoms with Gasteiger partial charge < -0.3 is 5.32 Å². The van der Waals surface area contributed by atoms with Crippen LogP contribution in [0.4, 0.5) is 0 Å². The molecule has 1 amide bonds. The largest absolute Gasteiger partial charge is 0.344 e. The van der Waals surface area contributed by atoms with Gasteiger partial charge in [-0.3, -0.25) is 9.48 Å². The SMILES string of the molecule is O=C(N[C@H](CCn1cncn1)c1ccccc1)c1cn[nH]n1. The molecule has 2 N–H and O–H groups in total. The highest BCUT2D eigenvalue weighted by Gasteiger charge is 2.17. The van der Waals surface area contributed by atoms with Gasteiger partial charge in [0.2, 0.25) is 0 Å². The summed E-state index contributed by atoms with van der Waals surface area (Å²) in [4.78, 5) is 16.1. The number of hydrogen-bond donors (Lipinski definition) is 2. The molecule has 8 nitrogen and oxygen atoms in total. The third-order valence-corrected chi connectivity index (χ3v) is 3.27. The summed E-state index contributed by atoms with van der Waals surface area (Å²) in [5.41, 5.74) is 1.29. The van der Waals surface area contributed by atoms with Crippen LogP contribution in [-0.2, 0) is 6.54 Å². The third kappa shape index (κ3) is 3.35. The van der Waals surface area contributed by atoms with Crippen LogP contribution in [0.5, 0.6) is 0 Å². The van der Waals surface area contributed by atoms with Crippen LogP contribution in [-0.4, -0.2) is 36.1 Å². The number of rotatable bonds is 6. The van der Waals surface area contributed by atoms with Crippen molar-refractivity contribution in [3.63, 3.8) is 0 Å². The Balaban J connectivity index is 1.72. The van der Waals surface area contributed by atoms with Crippen molar-refractivity contribution in [1.82, 2.24) is 35.5 Å². The summed E-state index contributed by atoms with van der Waals surface area (Å²) in [6, 6.07) is 9.65.